The van der Waals surface area contributed by atoms with Gasteiger partial charge in [0.25, 0.3) is 0 Å². The summed E-state index contributed by atoms with van der Waals surface area (Å²) in [5, 5.41) is 9.31. The monoisotopic (exact) mass is 265 g/mol. The van der Waals surface area contributed by atoms with Gasteiger partial charge in [0.05, 0.1) is 6.61 Å². The third-order valence-electron chi connectivity index (χ3n) is 3.43. The van der Waals surface area contributed by atoms with E-state index in [4.69, 9.17) is 10.5 Å². The van der Waals surface area contributed by atoms with Crippen molar-refractivity contribution in [2.45, 2.75) is 27.2 Å². The van der Waals surface area contributed by atoms with Gasteiger partial charge in [0.15, 0.2) is 0 Å². The quantitative estimate of drug-likeness (QED) is 0.759. The number of aliphatic hydroxyl groups excluding tert-OH is 1. The molecule has 0 bridgehead atoms. The molecular weight excluding hydrogens is 238 g/mol. The van der Waals surface area contributed by atoms with Crippen molar-refractivity contribution >= 4 is 0 Å². The molecule has 0 amide bonds. The molecule has 1 aromatic carbocycles. The van der Waals surface area contributed by atoms with Gasteiger partial charge in [-0.25, -0.2) is 0 Å². The van der Waals surface area contributed by atoms with Crippen LogP contribution in [0.2, 0.25) is 0 Å². The van der Waals surface area contributed by atoms with Crippen molar-refractivity contribution in [3.05, 3.63) is 29.8 Å². The molecule has 0 saturated carbocycles. The third kappa shape index (κ3) is 5.21. The van der Waals surface area contributed by atoms with Crippen LogP contribution in [-0.2, 0) is 6.42 Å². The standard InChI is InChI=1S/C16H27NO2/c1-12(2)11-19-16-7-5-4-6-14(16)8-13(3)15(9-17)10-18/h4-7,12-13,15,18H,8-11,17H2,1-3H3. The minimum atomic E-state index is 0.146. The summed E-state index contributed by atoms with van der Waals surface area (Å²) < 4.78 is 5.85. The van der Waals surface area contributed by atoms with Gasteiger partial charge in [-0.2, -0.15) is 0 Å². The van der Waals surface area contributed by atoms with Gasteiger partial charge in [0.2, 0.25) is 0 Å². The molecule has 2 unspecified atom stereocenters. The van der Waals surface area contributed by atoms with Gasteiger partial charge in [-0.15, -0.1) is 0 Å². The van der Waals surface area contributed by atoms with Crippen molar-refractivity contribution < 1.29 is 9.84 Å². The second kappa shape index (κ2) is 8.18. The smallest absolute Gasteiger partial charge is 0.122 e. The predicted octanol–water partition coefficient (Wildman–Crippen LogP) is 2.47. The lowest BCUT2D eigenvalue weighted by atomic mass is 9.88. The molecule has 0 fully saturated rings. The van der Waals surface area contributed by atoms with Crippen LogP contribution in [0.15, 0.2) is 24.3 Å². The van der Waals surface area contributed by atoms with Crippen LogP contribution in [0, 0.1) is 17.8 Å². The first-order valence-corrected chi connectivity index (χ1v) is 7.10. The maximum Gasteiger partial charge on any atom is 0.122 e. The number of ether oxygens (including phenoxy) is 1. The SMILES string of the molecule is CC(C)COc1ccccc1CC(C)C(CN)CO. The zero-order chi connectivity index (χ0) is 14.3. The predicted molar refractivity (Wildman–Crippen MR) is 79.3 cm³/mol. The summed E-state index contributed by atoms with van der Waals surface area (Å²) in [4.78, 5) is 0. The molecule has 0 spiro atoms. The highest BCUT2D eigenvalue weighted by atomic mass is 16.5. The summed E-state index contributed by atoms with van der Waals surface area (Å²) in [5.74, 6) is 1.97. The molecule has 108 valence electrons. The van der Waals surface area contributed by atoms with Crippen molar-refractivity contribution in [1.82, 2.24) is 0 Å². The van der Waals surface area contributed by atoms with Gasteiger partial charge >= 0.3 is 0 Å². The minimum absolute atomic E-state index is 0.146. The van der Waals surface area contributed by atoms with Crippen LogP contribution < -0.4 is 10.5 Å². The van der Waals surface area contributed by atoms with Crippen LogP contribution in [0.4, 0.5) is 0 Å². The van der Waals surface area contributed by atoms with Crippen molar-refractivity contribution in [3.63, 3.8) is 0 Å². The van der Waals surface area contributed by atoms with Crippen LogP contribution in [0.25, 0.3) is 0 Å². The lowest BCUT2D eigenvalue weighted by molar-refractivity contribution is 0.186. The molecule has 0 aliphatic heterocycles. The van der Waals surface area contributed by atoms with Gasteiger partial charge in [-0.3, -0.25) is 0 Å². The van der Waals surface area contributed by atoms with E-state index >= 15 is 0 Å². The van der Waals surface area contributed by atoms with Crippen molar-refractivity contribution in [1.29, 1.82) is 0 Å². The highest BCUT2D eigenvalue weighted by molar-refractivity contribution is 5.33. The zero-order valence-corrected chi connectivity index (χ0v) is 12.3. The first-order chi connectivity index (χ1) is 9.08. The van der Waals surface area contributed by atoms with Crippen LogP contribution in [0.3, 0.4) is 0 Å². The highest BCUT2D eigenvalue weighted by Gasteiger charge is 2.17. The summed E-state index contributed by atoms with van der Waals surface area (Å²) in [6, 6.07) is 8.13. The molecular formula is C16H27NO2. The van der Waals surface area contributed by atoms with Crippen molar-refractivity contribution in [3.8, 4) is 5.75 Å². The number of rotatable bonds is 8. The van der Waals surface area contributed by atoms with Gasteiger partial charge in [-0.1, -0.05) is 39.0 Å². The number of aliphatic hydroxyl groups is 1. The maximum absolute atomic E-state index is 9.31. The maximum atomic E-state index is 9.31. The molecule has 3 N–H and O–H groups in total. The average Bonchev–Trinajstić information content (AvgIpc) is 2.39. The van der Waals surface area contributed by atoms with Crippen LogP contribution in [-0.4, -0.2) is 24.9 Å². The van der Waals surface area contributed by atoms with Crippen molar-refractivity contribution in [2.24, 2.45) is 23.5 Å². The fourth-order valence-electron chi connectivity index (χ4n) is 2.07. The van der Waals surface area contributed by atoms with E-state index < -0.39 is 0 Å². The number of hydrogen-bond acceptors (Lipinski definition) is 3. The Hall–Kier alpha value is -1.06. The van der Waals surface area contributed by atoms with Gasteiger partial charge in [0, 0.05) is 6.61 Å². The summed E-state index contributed by atoms with van der Waals surface area (Å²) in [7, 11) is 0. The summed E-state index contributed by atoms with van der Waals surface area (Å²) in [6.07, 6.45) is 0.886. The summed E-state index contributed by atoms with van der Waals surface area (Å²) in [6.45, 7) is 7.81. The Bertz CT molecular complexity index is 362. The van der Waals surface area contributed by atoms with E-state index in [0.29, 0.717) is 18.4 Å². The summed E-state index contributed by atoms with van der Waals surface area (Å²) >= 11 is 0. The van der Waals surface area contributed by atoms with Crippen LogP contribution in [0.5, 0.6) is 5.75 Å². The van der Waals surface area contributed by atoms with Crippen LogP contribution >= 0.6 is 0 Å². The fourth-order valence-corrected chi connectivity index (χ4v) is 2.07. The van der Waals surface area contributed by atoms with Crippen LogP contribution in [0.1, 0.15) is 26.3 Å². The molecule has 0 saturated heterocycles. The topological polar surface area (TPSA) is 55.5 Å². The molecule has 0 aliphatic carbocycles. The number of para-hydroxylation sites is 1. The lowest BCUT2D eigenvalue weighted by Gasteiger charge is -2.22. The highest BCUT2D eigenvalue weighted by Crippen LogP contribution is 2.24. The molecule has 0 radical (unpaired) electrons. The normalized spacial score (nSPS) is 14.4. The second-order valence-corrected chi connectivity index (χ2v) is 5.67. The minimum Gasteiger partial charge on any atom is -0.493 e. The van der Waals surface area contributed by atoms with E-state index in [1.54, 1.807) is 0 Å². The Morgan fingerprint density at radius 3 is 2.47 bits per heavy atom. The molecule has 19 heavy (non-hydrogen) atoms. The van der Waals surface area contributed by atoms with Gasteiger partial charge < -0.3 is 15.6 Å². The Morgan fingerprint density at radius 2 is 1.89 bits per heavy atom. The van der Waals surface area contributed by atoms with E-state index in [0.717, 1.165) is 18.8 Å². The molecule has 0 heterocycles. The fraction of sp³-hybridized carbons (Fsp3) is 0.625. The van der Waals surface area contributed by atoms with E-state index in [-0.39, 0.29) is 12.5 Å². The molecule has 3 heteroatoms. The van der Waals surface area contributed by atoms with E-state index in [9.17, 15) is 5.11 Å². The number of benzene rings is 1. The van der Waals surface area contributed by atoms with E-state index in [1.165, 1.54) is 5.56 Å². The third-order valence-corrected chi connectivity index (χ3v) is 3.43. The van der Waals surface area contributed by atoms with Gasteiger partial charge in [0.1, 0.15) is 5.75 Å². The molecule has 0 aromatic heterocycles. The Balaban J connectivity index is 2.71. The number of hydrogen-bond donors (Lipinski definition) is 2. The lowest BCUT2D eigenvalue weighted by Crippen LogP contribution is -2.26. The Kier molecular flexibility index (Phi) is 6.89. The largest absolute Gasteiger partial charge is 0.493 e. The van der Waals surface area contributed by atoms with E-state index in [1.807, 2.05) is 18.2 Å². The second-order valence-electron chi connectivity index (χ2n) is 5.67. The molecule has 1 rings (SSSR count). The molecule has 1 aromatic rings. The zero-order valence-electron chi connectivity index (χ0n) is 12.3. The number of nitrogens with two attached hydrogens (primary N) is 1. The molecule has 3 nitrogen and oxygen atoms in total. The first kappa shape index (κ1) is 16.0. The van der Waals surface area contributed by atoms with Crippen molar-refractivity contribution in [2.75, 3.05) is 19.8 Å². The average molecular weight is 265 g/mol. The Labute approximate surface area is 116 Å². The molecule has 2 atom stereocenters. The molecule has 0 aliphatic rings. The van der Waals surface area contributed by atoms with Gasteiger partial charge in [-0.05, 0) is 42.3 Å². The first-order valence-electron chi connectivity index (χ1n) is 7.10. The van der Waals surface area contributed by atoms with E-state index in [2.05, 4.69) is 26.8 Å². The summed E-state index contributed by atoms with van der Waals surface area (Å²) in [5.41, 5.74) is 6.88. The Morgan fingerprint density at radius 1 is 1.21 bits per heavy atom.